The van der Waals surface area contributed by atoms with Gasteiger partial charge in [0, 0.05) is 23.7 Å². The van der Waals surface area contributed by atoms with Gasteiger partial charge in [-0.2, -0.15) is 8.78 Å². The minimum atomic E-state index is -2.85. The molecule has 0 radical (unpaired) electrons. The third-order valence-electron chi connectivity index (χ3n) is 4.42. The number of aryl methyl sites for hydroxylation is 1. The molecule has 0 N–H and O–H groups in total. The smallest absolute Gasteiger partial charge is 0.387 e. The average Bonchev–Trinajstić information content (AvgIpc) is 3.17. The molecule has 2 heterocycles. The summed E-state index contributed by atoms with van der Waals surface area (Å²) in [6.07, 6.45) is 3.43. The minimum absolute atomic E-state index is 0.140. The van der Waals surface area contributed by atoms with Gasteiger partial charge in [0.15, 0.2) is 11.0 Å². The first-order valence-electron chi connectivity index (χ1n) is 9.20. The number of hydrogen-bond donors (Lipinski definition) is 0. The first kappa shape index (κ1) is 20.0. The van der Waals surface area contributed by atoms with Gasteiger partial charge < -0.3 is 4.74 Å². The topological polar surface area (TPSA) is 52.8 Å². The van der Waals surface area contributed by atoms with Gasteiger partial charge in [-0.1, -0.05) is 42.1 Å². The van der Waals surface area contributed by atoms with Crippen LogP contribution in [0.3, 0.4) is 0 Å². The highest BCUT2D eigenvalue weighted by molar-refractivity contribution is 7.98. The number of nitrogens with zero attached hydrogens (tertiary/aromatic N) is 4. The lowest BCUT2D eigenvalue weighted by molar-refractivity contribution is -0.0498. The van der Waals surface area contributed by atoms with Crippen molar-refractivity contribution in [1.82, 2.24) is 19.7 Å². The Morgan fingerprint density at radius 1 is 1.00 bits per heavy atom. The number of halogens is 2. The van der Waals surface area contributed by atoms with Crippen molar-refractivity contribution in [1.29, 1.82) is 0 Å². The molecule has 0 saturated carbocycles. The zero-order valence-corrected chi connectivity index (χ0v) is 16.9. The van der Waals surface area contributed by atoms with E-state index < -0.39 is 6.61 Å². The van der Waals surface area contributed by atoms with Crippen LogP contribution < -0.4 is 4.74 Å². The molecule has 0 fully saturated rings. The van der Waals surface area contributed by atoms with E-state index in [0.29, 0.717) is 16.7 Å². The molecule has 4 rings (SSSR count). The number of benzene rings is 2. The van der Waals surface area contributed by atoms with Gasteiger partial charge in [0.25, 0.3) is 0 Å². The minimum Gasteiger partial charge on any atom is -0.435 e. The highest BCUT2D eigenvalue weighted by Crippen LogP contribution is 2.31. The lowest BCUT2D eigenvalue weighted by atomic mass is 10.2. The van der Waals surface area contributed by atoms with Crippen molar-refractivity contribution in [2.24, 2.45) is 0 Å². The van der Waals surface area contributed by atoms with Crippen molar-refractivity contribution in [3.8, 4) is 22.8 Å². The van der Waals surface area contributed by atoms with Crippen molar-refractivity contribution in [2.75, 3.05) is 0 Å². The lowest BCUT2D eigenvalue weighted by Crippen LogP contribution is -2.02. The molecule has 0 aliphatic carbocycles. The van der Waals surface area contributed by atoms with Gasteiger partial charge in [-0.15, -0.1) is 10.2 Å². The van der Waals surface area contributed by atoms with Crippen LogP contribution in [0.5, 0.6) is 5.75 Å². The van der Waals surface area contributed by atoms with Gasteiger partial charge in [-0.3, -0.25) is 9.55 Å². The summed E-state index contributed by atoms with van der Waals surface area (Å²) in [6, 6.07) is 18.5. The van der Waals surface area contributed by atoms with Gasteiger partial charge in [-0.05, 0) is 48.4 Å². The molecule has 5 nitrogen and oxygen atoms in total. The molecule has 152 valence electrons. The quantitative estimate of drug-likeness (QED) is 0.365. The van der Waals surface area contributed by atoms with Crippen LogP contribution in [0.1, 0.15) is 11.1 Å². The second-order valence-electron chi connectivity index (χ2n) is 6.48. The summed E-state index contributed by atoms with van der Waals surface area (Å²) >= 11 is 1.48. The van der Waals surface area contributed by atoms with Crippen LogP contribution in [0.15, 0.2) is 78.2 Å². The molecular weight excluding hydrogens is 406 g/mol. The van der Waals surface area contributed by atoms with Crippen molar-refractivity contribution >= 4 is 11.8 Å². The van der Waals surface area contributed by atoms with Crippen LogP contribution in [0.2, 0.25) is 0 Å². The monoisotopic (exact) mass is 424 g/mol. The number of rotatable bonds is 7. The van der Waals surface area contributed by atoms with E-state index in [1.807, 2.05) is 54.0 Å². The zero-order chi connectivity index (χ0) is 20.9. The first-order chi connectivity index (χ1) is 14.6. The summed E-state index contributed by atoms with van der Waals surface area (Å²) in [5.74, 6) is 1.38. The fourth-order valence-electron chi connectivity index (χ4n) is 3.04. The van der Waals surface area contributed by atoms with Gasteiger partial charge in [0.2, 0.25) is 0 Å². The van der Waals surface area contributed by atoms with Gasteiger partial charge >= 0.3 is 6.61 Å². The van der Waals surface area contributed by atoms with Crippen LogP contribution in [0, 0.1) is 6.92 Å². The number of thioether (sulfide) groups is 1. The van der Waals surface area contributed by atoms with Crippen molar-refractivity contribution in [3.63, 3.8) is 0 Å². The van der Waals surface area contributed by atoms with Gasteiger partial charge in [0.1, 0.15) is 5.75 Å². The highest BCUT2D eigenvalue weighted by Gasteiger charge is 2.17. The summed E-state index contributed by atoms with van der Waals surface area (Å²) in [4.78, 5) is 4.07. The summed E-state index contributed by atoms with van der Waals surface area (Å²) in [5.41, 5.74) is 3.82. The Morgan fingerprint density at radius 3 is 2.57 bits per heavy atom. The maximum atomic E-state index is 12.5. The van der Waals surface area contributed by atoms with Crippen molar-refractivity contribution in [3.05, 3.63) is 84.2 Å². The number of alkyl halides is 2. The summed E-state index contributed by atoms with van der Waals surface area (Å²) in [6.45, 7) is -0.814. The number of pyridine rings is 1. The highest BCUT2D eigenvalue weighted by atomic mass is 32.2. The Hall–Kier alpha value is -3.26. The SMILES string of the molecule is Cc1ccccc1-n1c(SCc2cccc(OC(F)F)c2)nnc1-c1ccncc1. The van der Waals surface area contributed by atoms with Gasteiger partial charge in [0.05, 0.1) is 5.69 Å². The predicted molar refractivity (Wildman–Crippen MR) is 112 cm³/mol. The average molecular weight is 424 g/mol. The van der Waals surface area contributed by atoms with E-state index in [-0.39, 0.29) is 5.75 Å². The fourth-order valence-corrected chi connectivity index (χ4v) is 3.93. The fraction of sp³-hybridized carbons (Fsp3) is 0.136. The van der Waals surface area contributed by atoms with E-state index >= 15 is 0 Å². The van der Waals surface area contributed by atoms with E-state index in [0.717, 1.165) is 22.4 Å². The molecule has 30 heavy (non-hydrogen) atoms. The molecule has 4 aromatic rings. The second kappa shape index (κ2) is 9.04. The summed E-state index contributed by atoms with van der Waals surface area (Å²) in [7, 11) is 0. The Kier molecular flexibility index (Phi) is 6.04. The lowest BCUT2D eigenvalue weighted by Gasteiger charge is -2.13. The summed E-state index contributed by atoms with van der Waals surface area (Å²) in [5, 5.41) is 9.52. The largest absolute Gasteiger partial charge is 0.435 e. The van der Waals surface area contributed by atoms with E-state index in [1.54, 1.807) is 24.5 Å². The van der Waals surface area contributed by atoms with E-state index in [9.17, 15) is 8.78 Å². The third-order valence-corrected chi connectivity index (χ3v) is 5.42. The Bertz CT molecular complexity index is 1130. The molecule has 8 heteroatoms. The van der Waals surface area contributed by atoms with Gasteiger partial charge in [-0.25, -0.2) is 0 Å². The van der Waals surface area contributed by atoms with Crippen LogP contribution >= 0.6 is 11.8 Å². The molecule has 0 saturated heterocycles. The first-order valence-corrected chi connectivity index (χ1v) is 10.2. The second-order valence-corrected chi connectivity index (χ2v) is 7.42. The number of aromatic nitrogens is 4. The molecular formula is C22H18F2N4OS. The van der Waals surface area contributed by atoms with E-state index in [2.05, 4.69) is 19.9 Å². The normalized spacial score (nSPS) is 11.1. The molecule has 2 aromatic carbocycles. The number of hydrogen-bond acceptors (Lipinski definition) is 5. The molecule has 0 unspecified atom stereocenters. The van der Waals surface area contributed by atoms with Crippen LogP contribution in [-0.4, -0.2) is 26.4 Å². The van der Waals surface area contributed by atoms with Crippen molar-refractivity contribution in [2.45, 2.75) is 24.4 Å². The molecule has 0 amide bonds. The standard InChI is InChI=1S/C22H18F2N4OS/c1-15-5-2-3-8-19(15)28-20(17-9-11-25-12-10-17)26-27-22(28)30-14-16-6-4-7-18(13-16)29-21(23)24/h2-13,21H,14H2,1H3. The van der Waals surface area contributed by atoms with Crippen LogP contribution in [0.4, 0.5) is 8.78 Å². The van der Waals surface area contributed by atoms with E-state index in [1.165, 1.54) is 17.8 Å². The predicted octanol–water partition coefficient (Wildman–Crippen LogP) is 5.53. The Morgan fingerprint density at radius 2 is 1.80 bits per heavy atom. The Balaban J connectivity index is 1.67. The molecule has 0 bridgehead atoms. The third kappa shape index (κ3) is 4.49. The maximum Gasteiger partial charge on any atom is 0.387 e. The van der Waals surface area contributed by atoms with Crippen LogP contribution in [0.25, 0.3) is 17.1 Å². The molecule has 0 spiro atoms. The van der Waals surface area contributed by atoms with Crippen LogP contribution in [-0.2, 0) is 5.75 Å². The molecule has 0 aliphatic heterocycles. The number of para-hydroxylation sites is 1. The molecule has 2 aromatic heterocycles. The summed E-state index contributed by atoms with van der Waals surface area (Å²) < 4.78 is 31.5. The molecule has 0 atom stereocenters. The zero-order valence-electron chi connectivity index (χ0n) is 16.1. The van der Waals surface area contributed by atoms with E-state index in [4.69, 9.17) is 0 Å². The maximum absolute atomic E-state index is 12.5. The molecule has 0 aliphatic rings. The Labute approximate surface area is 176 Å². The number of ether oxygens (including phenoxy) is 1. The van der Waals surface area contributed by atoms with Crippen molar-refractivity contribution < 1.29 is 13.5 Å².